The molecule has 0 saturated heterocycles. The van der Waals surface area contributed by atoms with Crippen LogP contribution in [0.3, 0.4) is 0 Å². The number of amides is 1. The van der Waals surface area contributed by atoms with Crippen LogP contribution < -0.4 is 5.32 Å². The number of aryl methyl sites for hydroxylation is 2. The van der Waals surface area contributed by atoms with Gasteiger partial charge in [0.05, 0.1) is 0 Å². The number of carbonyl (C=O) groups excluding carboxylic acids is 1. The van der Waals surface area contributed by atoms with E-state index in [0.29, 0.717) is 12.1 Å². The van der Waals surface area contributed by atoms with Gasteiger partial charge in [-0.05, 0) is 43.2 Å². The second-order valence-corrected chi connectivity index (χ2v) is 5.31. The quantitative estimate of drug-likeness (QED) is 0.861. The first-order valence-corrected chi connectivity index (χ1v) is 6.97. The number of halogens is 1. The summed E-state index contributed by atoms with van der Waals surface area (Å²) in [4.78, 5) is 12.0. The van der Waals surface area contributed by atoms with Crippen molar-refractivity contribution in [2.75, 3.05) is 6.54 Å². The normalized spacial score (nSPS) is 10.4. The van der Waals surface area contributed by atoms with Crippen molar-refractivity contribution in [3.8, 4) is 0 Å². The molecule has 1 amide bonds. The number of hydrogen-bond acceptors (Lipinski definition) is 2. The second kappa shape index (κ2) is 6.52. The lowest BCUT2D eigenvalue weighted by molar-refractivity contribution is 0.0952. The molecule has 2 aromatic rings. The predicted molar refractivity (Wildman–Crippen MR) is 78.1 cm³/mol. The largest absolute Gasteiger partial charge is 0.352 e. The highest BCUT2D eigenvalue weighted by molar-refractivity contribution is 9.10. The van der Waals surface area contributed by atoms with Crippen LogP contribution in [0.5, 0.6) is 0 Å². The first-order chi connectivity index (χ1) is 9.15. The van der Waals surface area contributed by atoms with Crippen LogP contribution in [0, 0.1) is 6.92 Å². The van der Waals surface area contributed by atoms with Crippen molar-refractivity contribution in [2.24, 2.45) is 0 Å². The number of nitrogens with one attached hydrogen (secondary N) is 1. The molecule has 0 aliphatic heterocycles. The van der Waals surface area contributed by atoms with E-state index in [2.05, 4.69) is 26.3 Å². The Morgan fingerprint density at radius 1 is 1.42 bits per heavy atom. The maximum Gasteiger partial charge on any atom is 0.251 e. The molecule has 0 atom stereocenters. The Kier molecular flexibility index (Phi) is 4.74. The molecule has 0 radical (unpaired) electrons. The van der Waals surface area contributed by atoms with Gasteiger partial charge in [-0.15, -0.1) is 0 Å². The minimum absolute atomic E-state index is 0.0372. The molecule has 1 heterocycles. The Morgan fingerprint density at radius 3 is 2.95 bits per heavy atom. The number of nitrogens with zero attached hydrogens (tertiary/aromatic N) is 2. The summed E-state index contributed by atoms with van der Waals surface area (Å²) < 4.78 is 2.78. The van der Waals surface area contributed by atoms with Gasteiger partial charge in [0.25, 0.3) is 5.91 Å². The van der Waals surface area contributed by atoms with Gasteiger partial charge in [-0.25, -0.2) is 0 Å². The van der Waals surface area contributed by atoms with Gasteiger partial charge in [-0.1, -0.05) is 15.9 Å². The molecular weight excluding hydrogens is 306 g/mol. The molecule has 0 aliphatic carbocycles. The van der Waals surface area contributed by atoms with E-state index >= 15 is 0 Å². The summed E-state index contributed by atoms with van der Waals surface area (Å²) in [5, 5.41) is 7.03. The molecule has 0 bridgehead atoms. The molecule has 19 heavy (non-hydrogen) atoms. The van der Waals surface area contributed by atoms with Crippen LogP contribution in [0.4, 0.5) is 0 Å². The molecule has 100 valence electrons. The van der Waals surface area contributed by atoms with Crippen LogP contribution in [-0.4, -0.2) is 22.2 Å². The smallest absolute Gasteiger partial charge is 0.251 e. The molecular formula is C14H16BrN3O. The third kappa shape index (κ3) is 4.21. The van der Waals surface area contributed by atoms with Gasteiger partial charge in [-0.3, -0.25) is 9.48 Å². The van der Waals surface area contributed by atoms with Gasteiger partial charge in [-0.2, -0.15) is 5.10 Å². The molecule has 1 aromatic heterocycles. The summed E-state index contributed by atoms with van der Waals surface area (Å²) >= 11 is 3.40. The Balaban J connectivity index is 1.80. The van der Waals surface area contributed by atoms with E-state index in [1.54, 1.807) is 6.20 Å². The average Bonchev–Trinajstić information content (AvgIpc) is 2.86. The van der Waals surface area contributed by atoms with E-state index in [-0.39, 0.29) is 5.91 Å². The Labute approximate surface area is 120 Å². The zero-order valence-corrected chi connectivity index (χ0v) is 12.4. The number of hydrogen-bond donors (Lipinski definition) is 1. The highest BCUT2D eigenvalue weighted by atomic mass is 79.9. The SMILES string of the molecule is Cc1cc(Br)cc(C(=O)NCCCn2cccn2)c1. The van der Waals surface area contributed by atoms with Crippen molar-refractivity contribution in [3.63, 3.8) is 0 Å². The molecule has 0 unspecified atom stereocenters. The fourth-order valence-electron chi connectivity index (χ4n) is 1.85. The van der Waals surface area contributed by atoms with Crippen LogP contribution in [0.15, 0.2) is 41.1 Å². The van der Waals surface area contributed by atoms with E-state index in [9.17, 15) is 4.79 Å². The van der Waals surface area contributed by atoms with Crippen LogP contribution in [0.1, 0.15) is 22.3 Å². The Bertz CT molecular complexity index is 532. The standard InChI is InChI=1S/C14H16BrN3O/c1-11-8-12(10-13(15)9-11)14(19)16-4-2-6-18-7-3-5-17-18/h3,5,7-10H,2,4,6H2,1H3,(H,16,19). The summed E-state index contributed by atoms with van der Waals surface area (Å²) in [7, 11) is 0. The highest BCUT2D eigenvalue weighted by Crippen LogP contribution is 2.15. The van der Waals surface area contributed by atoms with Crippen molar-refractivity contribution < 1.29 is 4.79 Å². The lowest BCUT2D eigenvalue weighted by Gasteiger charge is -2.07. The first kappa shape index (κ1) is 13.8. The van der Waals surface area contributed by atoms with E-state index < -0.39 is 0 Å². The summed E-state index contributed by atoms with van der Waals surface area (Å²) in [6.45, 7) is 3.42. The van der Waals surface area contributed by atoms with Crippen LogP contribution in [-0.2, 0) is 6.54 Å². The highest BCUT2D eigenvalue weighted by Gasteiger charge is 2.06. The van der Waals surface area contributed by atoms with Gasteiger partial charge < -0.3 is 5.32 Å². The number of rotatable bonds is 5. The third-order valence-electron chi connectivity index (χ3n) is 2.71. The molecule has 5 heteroatoms. The zero-order chi connectivity index (χ0) is 13.7. The fraction of sp³-hybridized carbons (Fsp3) is 0.286. The van der Waals surface area contributed by atoms with E-state index in [1.807, 2.05) is 42.1 Å². The van der Waals surface area contributed by atoms with Crippen molar-refractivity contribution in [2.45, 2.75) is 19.9 Å². The van der Waals surface area contributed by atoms with Crippen molar-refractivity contribution in [1.82, 2.24) is 15.1 Å². The first-order valence-electron chi connectivity index (χ1n) is 6.18. The zero-order valence-electron chi connectivity index (χ0n) is 10.8. The summed E-state index contributed by atoms with van der Waals surface area (Å²) in [6.07, 6.45) is 4.53. The van der Waals surface area contributed by atoms with Gasteiger partial charge in [0.15, 0.2) is 0 Å². The average molecular weight is 322 g/mol. The minimum Gasteiger partial charge on any atom is -0.352 e. The maximum absolute atomic E-state index is 12.0. The lowest BCUT2D eigenvalue weighted by Crippen LogP contribution is -2.25. The second-order valence-electron chi connectivity index (χ2n) is 4.40. The molecule has 1 aromatic carbocycles. The molecule has 0 fully saturated rings. The predicted octanol–water partition coefficient (Wildman–Crippen LogP) is 2.77. The Morgan fingerprint density at radius 2 is 2.26 bits per heavy atom. The number of benzene rings is 1. The van der Waals surface area contributed by atoms with Crippen molar-refractivity contribution >= 4 is 21.8 Å². The topological polar surface area (TPSA) is 46.9 Å². The van der Waals surface area contributed by atoms with E-state index in [4.69, 9.17) is 0 Å². The fourth-order valence-corrected chi connectivity index (χ4v) is 2.45. The monoisotopic (exact) mass is 321 g/mol. The molecule has 0 aliphatic rings. The minimum atomic E-state index is -0.0372. The van der Waals surface area contributed by atoms with Crippen molar-refractivity contribution in [3.05, 3.63) is 52.3 Å². The van der Waals surface area contributed by atoms with Gasteiger partial charge in [0, 0.05) is 35.5 Å². The van der Waals surface area contributed by atoms with E-state index in [1.165, 1.54) is 0 Å². The number of aromatic nitrogens is 2. The molecule has 0 saturated carbocycles. The molecule has 4 nitrogen and oxygen atoms in total. The van der Waals surface area contributed by atoms with Crippen LogP contribution in [0.2, 0.25) is 0 Å². The summed E-state index contributed by atoms with van der Waals surface area (Å²) in [5.41, 5.74) is 1.75. The summed E-state index contributed by atoms with van der Waals surface area (Å²) in [5.74, 6) is -0.0372. The van der Waals surface area contributed by atoms with Crippen LogP contribution in [0.25, 0.3) is 0 Å². The van der Waals surface area contributed by atoms with E-state index in [0.717, 1.165) is 23.0 Å². The molecule has 1 N–H and O–H groups in total. The maximum atomic E-state index is 12.0. The number of carbonyl (C=O) groups is 1. The molecule has 2 rings (SSSR count). The Hall–Kier alpha value is -1.62. The van der Waals surface area contributed by atoms with Crippen molar-refractivity contribution in [1.29, 1.82) is 0 Å². The van der Waals surface area contributed by atoms with Gasteiger partial charge in [0.1, 0.15) is 0 Å². The summed E-state index contributed by atoms with van der Waals surface area (Å²) in [6, 6.07) is 7.58. The third-order valence-corrected chi connectivity index (χ3v) is 3.17. The lowest BCUT2D eigenvalue weighted by atomic mass is 10.1. The van der Waals surface area contributed by atoms with Crippen LogP contribution >= 0.6 is 15.9 Å². The molecule has 0 spiro atoms. The van der Waals surface area contributed by atoms with Gasteiger partial charge in [0.2, 0.25) is 0 Å². The van der Waals surface area contributed by atoms with Gasteiger partial charge >= 0.3 is 0 Å².